The number of benzene rings is 1. The SMILES string of the molecule is CCCc1ncc(C(=O)NCc2ccccc2CO)s1. The van der Waals surface area contributed by atoms with Crippen molar-refractivity contribution in [2.75, 3.05) is 0 Å². The fourth-order valence-corrected chi connectivity index (χ4v) is 2.83. The molecule has 0 fully saturated rings. The maximum Gasteiger partial charge on any atom is 0.263 e. The quantitative estimate of drug-likeness (QED) is 0.859. The lowest BCUT2D eigenvalue weighted by Crippen LogP contribution is -2.22. The summed E-state index contributed by atoms with van der Waals surface area (Å²) in [6.45, 7) is 2.48. The standard InChI is InChI=1S/C15H18N2O2S/c1-2-5-14-16-9-13(20-14)15(19)17-8-11-6-3-4-7-12(11)10-18/h3-4,6-7,9,18H,2,5,8,10H2,1H3,(H,17,19). The highest BCUT2D eigenvalue weighted by Crippen LogP contribution is 2.15. The van der Waals surface area contributed by atoms with Crippen molar-refractivity contribution in [3.8, 4) is 0 Å². The molecule has 0 saturated heterocycles. The minimum Gasteiger partial charge on any atom is -0.392 e. The first kappa shape index (κ1) is 14.7. The highest BCUT2D eigenvalue weighted by molar-refractivity contribution is 7.13. The second kappa shape index (κ2) is 7.17. The second-order valence-electron chi connectivity index (χ2n) is 4.48. The Hall–Kier alpha value is -1.72. The Balaban J connectivity index is 1.97. The van der Waals surface area contributed by atoms with E-state index < -0.39 is 0 Å². The molecule has 0 unspecified atom stereocenters. The first-order valence-corrected chi connectivity index (χ1v) is 7.46. The topological polar surface area (TPSA) is 62.2 Å². The average molecular weight is 290 g/mol. The number of aliphatic hydroxyl groups is 1. The second-order valence-corrected chi connectivity index (χ2v) is 5.59. The smallest absolute Gasteiger partial charge is 0.263 e. The number of nitrogens with zero attached hydrogens (tertiary/aromatic N) is 1. The normalized spacial score (nSPS) is 10.5. The van der Waals surface area contributed by atoms with Crippen LogP contribution in [0.4, 0.5) is 0 Å². The van der Waals surface area contributed by atoms with Crippen LogP contribution in [0.5, 0.6) is 0 Å². The van der Waals surface area contributed by atoms with Crippen molar-refractivity contribution >= 4 is 17.2 Å². The van der Waals surface area contributed by atoms with Crippen LogP contribution in [0.2, 0.25) is 0 Å². The third kappa shape index (κ3) is 3.65. The molecule has 2 aromatic rings. The monoisotopic (exact) mass is 290 g/mol. The Morgan fingerprint density at radius 2 is 2.10 bits per heavy atom. The number of nitrogens with one attached hydrogen (secondary N) is 1. The van der Waals surface area contributed by atoms with E-state index >= 15 is 0 Å². The van der Waals surface area contributed by atoms with Crippen molar-refractivity contribution in [3.05, 3.63) is 51.5 Å². The van der Waals surface area contributed by atoms with E-state index in [1.165, 1.54) is 11.3 Å². The Morgan fingerprint density at radius 1 is 1.35 bits per heavy atom. The van der Waals surface area contributed by atoms with Gasteiger partial charge < -0.3 is 10.4 Å². The number of amides is 1. The van der Waals surface area contributed by atoms with Gasteiger partial charge >= 0.3 is 0 Å². The molecule has 4 nitrogen and oxygen atoms in total. The number of carbonyl (C=O) groups is 1. The molecule has 106 valence electrons. The van der Waals surface area contributed by atoms with Gasteiger partial charge in [-0.25, -0.2) is 4.98 Å². The van der Waals surface area contributed by atoms with E-state index in [2.05, 4.69) is 17.2 Å². The molecule has 0 radical (unpaired) electrons. The van der Waals surface area contributed by atoms with Gasteiger partial charge in [0.05, 0.1) is 17.8 Å². The molecule has 0 aliphatic heterocycles. The molecule has 0 aliphatic rings. The number of carbonyl (C=O) groups excluding carboxylic acids is 1. The van der Waals surface area contributed by atoms with Crippen molar-refractivity contribution in [2.45, 2.75) is 32.9 Å². The van der Waals surface area contributed by atoms with Crippen LogP contribution in [0.3, 0.4) is 0 Å². The van der Waals surface area contributed by atoms with Gasteiger partial charge in [0.15, 0.2) is 0 Å². The number of hydrogen-bond donors (Lipinski definition) is 2. The zero-order chi connectivity index (χ0) is 14.4. The minimum absolute atomic E-state index is 0.0206. The third-order valence-electron chi connectivity index (χ3n) is 2.97. The first-order chi connectivity index (χ1) is 9.74. The van der Waals surface area contributed by atoms with Gasteiger partial charge in [0.1, 0.15) is 4.88 Å². The average Bonchev–Trinajstić information content (AvgIpc) is 2.94. The Labute approximate surface area is 122 Å². The van der Waals surface area contributed by atoms with E-state index in [1.807, 2.05) is 24.3 Å². The predicted octanol–water partition coefficient (Wildman–Crippen LogP) is 2.52. The highest BCUT2D eigenvalue weighted by atomic mass is 32.1. The van der Waals surface area contributed by atoms with Crippen LogP contribution in [0.25, 0.3) is 0 Å². The fraction of sp³-hybridized carbons (Fsp3) is 0.333. The maximum atomic E-state index is 12.0. The number of thiazole rings is 1. The van der Waals surface area contributed by atoms with Crippen LogP contribution in [0.1, 0.15) is 39.2 Å². The molecule has 2 N–H and O–H groups in total. The summed E-state index contributed by atoms with van der Waals surface area (Å²) in [5, 5.41) is 13.1. The summed E-state index contributed by atoms with van der Waals surface area (Å²) < 4.78 is 0. The van der Waals surface area contributed by atoms with Crippen LogP contribution >= 0.6 is 11.3 Å². The van der Waals surface area contributed by atoms with Gasteiger partial charge in [-0.05, 0) is 24.0 Å². The van der Waals surface area contributed by atoms with E-state index in [0.29, 0.717) is 11.4 Å². The summed E-state index contributed by atoms with van der Waals surface area (Å²) in [4.78, 5) is 16.9. The van der Waals surface area contributed by atoms with Gasteiger partial charge in [-0.15, -0.1) is 11.3 Å². The van der Waals surface area contributed by atoms with Crippen molar-refractivity contribution in [1.29, 1.82) is 0 Å². The van der Waals surface area contributed by atoms with Crippen LogP contribution in [0.15, 0.2) is 30.5 Å². The zero-order valence-electron chi connectivity index (χ0n) is 11.4. The zero-order valence-corrected chi connectivity index (χ0v) is 12.2. The van der Waals surface area contributed by atoms with E-state index in [-0.39, 0.29) is 12.5 Å². The predicted molar refractivity (Wildman–Crippen MR) is 79.6 cm³/mol. The summed E-state index contributed by atoms with van der Waals surface area (Å²) in [6, 6.07) is 7.53. The van der Waals surface area contributed by atoms with E-state index in [1.54, 1.807) is 6.20 Å². The molecule has 1 amide bonds. The number of aryl methyl sites for hydroxylation is 1. The molecule has 0 saturated carbocycles. The van der Waals surface area contributed by atoms with Crippen LogP contribution in [-0.4, -0.2) is 16.0 Å². The highest BCUT2D eigenvalue weighted by Gasteiger charge is 2.10. The number of aliphatic hydroxyl groups excluding tert-OH is 1. The van der Waals surface area contributed by atoms with E-state index in [0.717, 1.165) is 29.0 Å². The van der Waals surface area contributed by atoms with Gasteiger partial charge in [-0.2, -0.15) is 0 Å². The molecular weight excluding hydrogens is 272 g/mol. The Bertz CT molecular complexity index is 581. The minimum atomic E-state index is -0.113. The molecule has 0 aliphatic carbocycles. The molecule has 2 rings (SSSR count). The molecule has 0 bridgehead atoms. The van der Waals surface area contributed by atoms with E-state index in [4.69, 9.17) is 0 Å². The summed E-state index contributed by atoms with van der Waals surface area (Å²) >= 11 is 1.44. The van der Waals surface area contributed by atoms with Crippen molar-refractivity contribution in [1.82, 2.24) is 10.3 Å². The first-order valence-electron chi connectivity index (χ1n) is 6.65. The fourth-order valence-electron chi connectivity index (χ4n) is 1.89. The van der Waals surface area contributed by atoms with Crippen molar-refractivity contribution in [2.24, 2.45) is 0 Å². The van der Waals surface area contributed by atoms with Gasteiger partial charge in [0, 0.05) is 6.54 Å². The van der Waals surface area contributed by atoms with Crippen molar-refractivity contribution < 1.29 is 9.90 Å². The van der Waals surface area contributed by atoms with Crippen molar-refractivity contribution in [3.63, 3.8) is 0 Å². The van der Waals surface area contributed by atoms with Gasteiger partial charge in [0.25, 0.3) is 5.91 Å². The maximum absolute atomic E-state index is 12.0. The number of hydrogen-bond acceptors (Lipinski definition) is 4. The Kier molecular flexibility index (Phi) is 5.26. The summed E-state index contributed by atoms with van der Waals surface area (Å²) in [5.74, 6) is -0.113. The molecule has 0 spiro atoms. The van der Waals surface area contributed by atoms with Gasteiger partial charge in [-0.1, -0.05) is 31.2 Å². The summed E-state index contributed by atoms with van der Waals surface area (Å²) in [5.41, 5.74) is 1.77. The lowest BCUT2D eigenvalue weighted by atomic mass is 10.1. The van der Waals surface area contributed by atoms with Crippen LogP contribution < -0.4 is 5.32 Å². The lowest BCUT2D eigenvalue weighted by molar-refractivity contribution is 0.0954. The molecular formula is C15H18N2O2S. The van der Waals surface area contributed by atoms with Gasteiger partial charge in [-0.3, -0.25) is 4.79 Å². The molecule has 1 heterocycles. The third-order valence-corrected chi connectivity index (χ3v) is 4.03. The molecule has 1 aromatic carbocycles. The van der Waals surface area contributed by atoms with Gasteiger partial charge in [0.2, 0.25) is 0 Å². The molecule has 20 heavy (non-hydrogen) atoms. The van der Waals surface area contributed by atoms with E-state index in [9.17, 15) is 9.90 Å². The molecule has 5 heteroatoms. The Morgan fingerprint density at radius 3 is 2.80 bits per heavy atom. The van der Waals surface area contributed by atoms with Crippen LogP contribution in [0, 0.1) is 0 Å². The summed E-state index contributed by atoms with van der Waals surface area (Å²) in [6.07, 6.45) is 3.56. The number of aromatic nitrogens is 1. The molecule has 1 aromatic heterocycles. The largest absolute Gasteiger partial charge is 0.392 e. The molecule has 0 atom stereocenters. The number of rotatable bonds is 6. The lowest BCUT2D eigenvalue weighted by Gasteiger charge is -2.07. The van der Waals surface area contributed by atoms with Crippen LogP contribution in [-0.2, 0) is 19.6 Å². The summed E-state index contributed by atoms with van der Waals surface area (Å²) in [7, 11) is 0.